The number of rotatable bonds is 14. The number of phosphoric acid groups is 1. The Kier molecular flexibility index (Phi) is 13.0. The first-order valence-electron chi connectivity index (χ1n) is 21.4. The first-order valence-corrected chi connectivity index (χ1v) is 22.9. The maximum absolute atomic E-state index is 13.6. The maximum atomic E-state index is 13.6. The molecular formula is C40H54N7O18P. The van der Waals surface area contributed by atoms with Crippen LogP contribution in [0.25, 0.3) is 0 Å². The number of nitrogens with zero attached hydrogens (tertiary/aromatic N) is 5. The van der Waals surface area contributed by atoms with Gasteiger partial charge in [-0.25, -0.2) is 23.4 Å². The number of hydrogen-bond donors (Lipinski definition) is 12. The summed E-state index contributed by atoms with van der Waals surface area (Å²) in [5.74, 6) is -5.56. The van der Waals surface area contributed by atoms with E-state index in [1.54, 1.807) is 6.07 Å². The van der Waals surface area contributed by atoms with Crippen LogP contribution in [0.3, 0.4) is 0 Å². The number of ether oxygens (including phenoxy) is 2. The molecule has 8 rings (SSSR count). The van der Waals surface area contributed by atoms with E-state index in [0.717, 1.165) is 46.7 Å². The number of aryl methyl sites for hydroxylation is 1. The first kappa shape index (κ1) is 48.0. The normalized spacial score (nSPS) is 36.9. The van der Waals surface area contributed by atoms with Crippen molar-refractivity contribution >= 4 is 25.5 Å². The monoisotopic (exact) mass is 951 g/mol. The summed E-state index contributed by atoms with van der Waals surface area (Å²) < 4.78 is 36.1. The van der Waals surface area contributed by atoms with E-state index in [4.69, 9.17) is 24.3 Å². The number of aromatic nitrogens is 5. The third-order valence-corrected chi connectivity index (χ3v) is 15.4. The number of nitrogen functional groups attached to an aromatic ring is 1. The second kappa shape index (κ2) is 17.9. The third kappa shape index (κ3) is 8.54. The van der Waals surface area contributed by atoms with Crippen molar-refractivity contribution in [3.8, 4) is 5.75 Å². The summed E-state index contributed by atoms with van der Waals surface area (Å²) in [4.78, 5) is 52.8. The standard InChI is InChI=1S/C40H54N7O18P/c1-38-9-6-21-20-5-3-19(49)12-18(20)2-4-22(21)23(38)7-10-39(38,59)27-14-46(45-44-27)15-29(52)43-30-24(50)13-40(36(56)57,64-34(30)31(53)25(51)16-48)65-66(60,61)62-17-26-32(54)33(55)35(63-26)47-11-8-28(41)42-37(47)58/h3,5,8,11-12,14,21-26,30-35,48-51,53-55,59H,2,4,6-7,9-10,13,15-17H2,1H3,(H,43,52)(H,56,57)(H,60,61)(H2,41,42,58)/t21-,22-,23+,24+,25-,26-,30-,31-,32-,33-,34?,35-,38+,39-,40-/m1/s1. The van der Waals surface area contributed by atoms with Crippen molar-refractivity contribution < 1.29 is 83.5 Å². The van der Waals surface area contributed by atoms with Crippen LogP contribution in [-0.4, -0.2) is 155 Å². The molecule has 66 heavy (non-hydrogen) atoms. The molecule has 2 aliphatic heterocycles. The minimum atomic E-state index is -5.66. The number of carbonyl (C=O) groups is 2. The van der Waals surface area contributed by atoms with Gasteiger partial charge in [-0.3, -0.25) is 13.9 Å². The minimum absolute atomic E-state index is 0.151. The van der Waals surface area contributed by atoms with E-state index in [0.29, 0.717) is 18.8 Å². The number of nitrogens with one attached hydrogen (secondary N) is 1. The lowest BCUT2D eigenvalue weighted by atomic mass is 9.53. The number of aliphatic hydroxyl groups is 7. The number of phenolic OH excluding ortho intramolecular Hbond substituents is 1. The second-order valence-corrected chi connectivity index (χ2v) is 19.5. The van der Waals surface area contributed by atoms with Crippen molar-refractivity contribution in [2.45, 2.75) is 131 Å². The second-order valence-electron chi connectivity index (χ2n) is 18.1. The van der Waals surface area contributed by atoms with Gasteiger partial charge in [0.25, 0.3) is 5.79 Å². The molecule has 0 radical (unpaired) electrons. The summed E-state index contributed by atoms with van der Waals surface area (Å²) in [5, 5.41) is 107. The van der Waals surface area contributed by atoms with Gasteiger partial charge in [0, 0.05) is 18.0 Å². The fraction of sp³-hybridized carbons (Fsp3) is 0.650. The number of carboxylic acid groups (broad SMARTS) is 1. The van der Waals surface area contributed by atoms with Crippen LogP contribution in [0, 0.1) is 17.3 Å². The number of amides is 1. The molecule has 13 N–H and O–H groups in total. The Hall–Kier alpha value is -4.47. The lowest BCUT2D eigenvalue weighted by molar-refractivity contribution is -0.289. The number of aliphatic carboxylic acids is 1. The smallest absolute Gasteiger partial charge is 0.475 e. The van der Waals surface area contributed by atoms with Gasteiger partial charge in [-0.15, -0.1) is 5.10 Å². The average Bonchev–Trinajstić information content (AvgIpc) is 3.93. The molecule has 4 heterocycles. The number of hydrogen-bond acceptors (Lipinski definition) is 20. The highest BCUT2D eigenvalue weighted by Gasteiger charge is 2.64. The predicted molar refractivity (Wildman–Crippen MR) is 219 cm³/mol. The van der Waals surface area contributed by atoms with Gasteiger partial charge < -0.3 is 71.4 Å². The summed E-state index contributed by atoms with van der Waals surface area (Å²) in [6.07, 6.45) is -9.72. The van der Waals surface area contributed by atoms with Crippen molar-refractivity contribution in [2.24, 2.45) is 17.3 Å². The molecule has 1 aromatic carbocycles. The molecule has 16 atom stereocenters. The summed E-state index contributed by atoms with van der Waals surface area (Å²) in [7, 11) is -5.66. The zero-order valence-corrected chi connectivity index (χ0v) is 36.4. The Labute approximate surface area is 374 Å². The zero-order chi connectivity index (χ0) is 47.7. The van der Waals surface area contributed by atoms with E-state index < -0.39 is 123 Å². The fourth-order valence-electron chi connectivity index (χ4n) is 11.0. The number of carboxylic acids is 1. The van der Waals surface area contributed by atoms with E-state index in [2.05, 4.69) is 27.5 Å². The van der Waals surface area contributed by atoms with Gasteiger partial charge in [-0.2, -0.15) is 4.98 Å². The molecule has 0 bridgehead atoms. The molecule has 1 amide bonds. The van der Waals surface area contributed by atoms with Gasteiger partial charge in [0.1, 0.15) is 66.0 Å². The maximum Gasteiger partial charge on any atom is 0.475 e. The summed E-state index contributed by atoms with van der Waals surface area (Å²) >= 11 is 0. The minimum Gasteiger partial charge on any atom is -0.508 e. The first-order chi connectivity index (χ1) is 31.1. The molecule has 0 spiro atoms. The van der Waals surface area contributed by atoms with Crippen LogP contribution >= 0.6 is 7.82 Å². The topological polar surface area (TPSA) is 394 Å². The van der Waals surface area contributed by atoms with Crippen LogP contribution in [0.4, 0.5) is 5.82 Å². The number of phenols is 1. The molecule has 3 aliphatic carbocycles. The van der Waals surface area contributed by atoms with Crippen LogP contribution in [0.15, 0.2) is 41.5 Å². The molecule has 5 aliphatic rings. The molecular weight excluding hydrogens is 897 g/mol. The fourth-order valence-corrected chi connectivity index (χ4v) is 12.0. The highest BCUT2D eigenvalue weighted by molar-refractivity contribution is 7.47. The van der Waals surface area contributed by atoms with Gasteiger partial charge in [-0.05, 0) is 85.6 Å². The highest BCUT2D eigenvalue weighted by atomic mass is 31.2. The highest BCUT2D eigenvalue weighted by Crippen LogP contribution is 2.67. The number of aliphatic hydroxyl groups excluding tert-OH is 6. The van der Waals surface area contributed by atoms with Gasteiger partial charge in [0.05, 0.1) is 31.6 Å². The Balaban J connectivity index is 0.936. The van der Waals surface area contributed by atoms with Crippen LogP contribution < -0.4 is 16.7 Å². The quantitative estimate of drug-likeness (QED) is 0.0740. The number of nitrogens with two attached hydrogens (primary N) is 1. The van der Waals surface area contributed by atoms with Crippen molar-refractivity contribution in [2.75, 3.05) is 18.9 Å². The Morgan fingerprint density at radius 2 is 1.88 bits per heavy atom. The number of aromatic hydroxyl groups is 1. The number of benzene rings is 1. The summed E-state index contributed by atoms with van der Waals surface area (Å²) in [6, 6.07) is 4.97. The molecule has 2 aromatic heterocycles. The van der Waals surface area contributed by atoms with Gasteiger partial charge in [0.15, 0.2) is 6.23 Å². The molecule has 2 unspecified atom stereocenters. The van der Waals surface area contributed by atoms with Crippen molar-refractivity contribution in [3.05, 3.63) is 64.0 Å². The van der Waals surface area contributed by atoms with Crippen molar-refractivity contribution in [1.29, 1.82) is 0 Å². The number of anilines is 1. The van der Waals surface area contributed by atoms with Gasteiger partial charge >= 0.3 is 19.5 Å². The molecule has 25 nitrogen and oxygen atoms in total. The van der Waals surface area contributed by atoms with E-state index in [-0.39, 0.29) is 29.1 Å². The molecule has 2 saturated carbocycles. The Morgan fingerprint density at radius 1 is 1.12 bits per heavy atom. The lowest BCUT2D eigenvalue weighted by Gasteiger charge is -2.52. The Morgan fingerprint density at radius 3 is 2.59 bits per heavy atom. The van der Waals surface area contributed by atoms with E-state index in [1.165, 1.54) is 17.8 Å². The average molecular weight is 952 g/mol. The zero-order valence-electron chi connectivity index (χ0n) is 35.5. The van der Waals surface area contributed by atoms with Gasteiger partial charge in [0.2, 0.25) is 5.91 Å². The van der Waals surface area contributed by atoms with Crippen LogP contribution in [0.2, 0.25) is 0 Å². The molecule has 362 valence electrons. The molecule has 3 aromatic rings. The Bertz CT molecular complexity index is 2430. The van der Waals surface area contributed by atoms with Crippen LogP contribution in [0.1, 0.15) is 74.4 Å². The lowest BCUT2D eigenvalue weighted by Crippen LogP contribution is -2.68. The van der Waals surface area contributed by atoms with Gasteiger partial charge in [-0.1, -0.05) is 18.2 Å². The summed E-state index contributed by atoms with van der Waals surface area (Å²) in [5.41, 5.74) is 5.17. The molecule has 2 saturated heterocycles. The van der Waals surface area contributed by atoms with E-state index in [9.17, 15) is 69.8 Å². The van der Waals surface area contributed by atoms with E-state index in [1.807, 2.05) is 12.1 Å². The largest absolute Gasteiger partial charge is 0.508 e. The SMILES string of the molecule is C[C@]12CC[C@@H]3c4ccc(O)cc4CC[C@H]3[C@@H]1CC[C@@]2(O)c1cn(CC(=O)N[C@H]2C([C@H](O)[C@H](O)CO)O[C@](OP(=O)(O)OC[C@H]3O[C@@H](n4ccc(N)nc4=O)[C@H](O)[C@@H]3O)(C(=O)O)C[C@@H]2O)nn1. The van der Waals surface area contributed by atoms with E-state index >= 15 is 0 Å². The number of phosphoric ester groups is 1. The van der Waals surface area contributed by atoms with Crippen molar-refractivity contribution in [1.82, 2.24) is 29.9 Å². The van der Waals surface area contributed by atoms with Crippen LogP contribution in [0.5, 0.6) is 5.75 Å². The molecule has 4 fully saturated rings. The van der Waals surface area contributed by atoms with Crippen LogP contribution in [-0.2, 0) is 51.2 Å². The molecule has 26 heteroatoms. The predicted octanol–water partition coefficient (Wildman–Crippen LogP) is -2.55. The third-order valence-electron chi connectivity index (χ3n) is 14.4. The number of fused-ring (bicyclic) bond motifs is 5. The van der Waals surface area contributed by atoms with Crippen molar-refractivity contribution in [3.63, 3.8) is 0 Å². The number of carbonyl (C=O) groups excluding carboxylic acids is 1. The summed E-state index contributed by atoms with van der Waals surface area (Å²) in [6.45, 7) is -0.714.